The molecule has 0 aliphatic carbocycles. The van der Waals surface area contributed by atoms with Gasteiger partial charge in [-0.25, -0.2) is 4.98 Å². The predicted molar refractivity (Wildman–Crippen MR) is 68.6 cm³/mol. The van der Waals surface area contributed by atoms with E-state index in [1.807, 2.05) is 11.8 Å². The van der Waals surface area contributed by atoms with Crippen LogP contribution in [-0.2, 0) is 0 Å². The summed E-state index contributed by atoms with van der Waals surface area (Å²) in [5.74, 6) is 0.604. The molecule has 1 aromatic heterocycles. The smallest absolute Gasteiger partial charge is 0.267 e. The second-order valence-corrected chi connectivity index (χ2v) is 5.23. The Morgan fingerprint density at radius 2 is 2.47 bits per heavy atom. The lowest BCUT2D eigenvalue weighted by atomic mass is 10.3. The Kier molecular flexibility index (Phi) is 5.17. The van der Waals surface area contributed by atoms with Gasteiger partial charge in [0.1, 0.15) is 10.3 Å². The van der Waals surface area contributed by atoms with Crippen LogP contribution in [0.15, 0.2) is 15.6 Å². The maximum atomic E-state index is 11.2. The van der Waals surface area contributed by atoms with Gasteiger partial charge in [-0.2, -0.15) is 11.8 Å². The van der Waals surface area contributed by atoms with Gasteiger partial charge in [0.2, 0.25) is 0 Å². The van der Waals surface area contributed by atoms with Gasteiger partial charge in [-0.15, -0.1) is 0 Å². The molecule has 0 aromatic carbocycles. The molecule has 0 saturated carbocycles. The standard InChI is InChI=1S/C9H14BrN3OS/c1-6(15-2)3-4-11-8-7(10)9(14)13-5-12-8/h5-6H,3-4H2,1-2H3,(H2,11,12,13,14). The molecular formula is C9H14BrN3OS. The van der Waals surface area contributed by atoms with Crippen LogP contribution < -0.4 is 10.9 Å². The molecule has 0 saturated heterocycles. The number of nitrogens with one attached hydrogen (secondary N) is 2. The first-order valence-corrected chi connectivity index (χ1v) is 6.73. The minimum absolute atomic E-state index is 0.162. The molecule has 0 aliphatic heterocycles. The molecule has 6 heteroatoms. The largest absolute Gasteiger partial charge is 0.369 e. The summed E-state index contributed by atoms with van der Waals surface area (Å²) in [5, 5.41) is 3.74. The van der Waals surface area contributed by atoms with Crippen LogP contribution in [0.25, 0.3) is 0 Å². The molecule has 4 nitrogen and oxygen atoms in total. The van der Waals surface area contributed by atoms with Crippen molar-refractivity contribution in [1.82, 2.24) is 9.97 Å². The summed E-state index contributed by atoms with van der Waals surface area (Å²) < 4.78 is 0.460. The van der Waals surface area contributed by atoms with Gasteiger partial charge in [0.05, 0.1) is 6.33 Å². The van der Waals surface area contributed by atoms with E-state index in [1.54, 1.807) is 0 Å². The monoisotopic (exact) mass is 291 g/mol. The van der Waals surface area contributed by atoms with Gasteiger partial charge in [-0.05, 0) is 28.6 Å². The van der Waals surface area contributed by atoms with Crippen LogP contribution >= 0.6 is 27.7 Å². The summed E-state index contributed by atoms with van der Waals surface area (Å²) in [5.41, 5.74) is -0.162. The Balaban J connectivity index is 2.51. The number of H-pyrrole nitrogens is 1. The van der Waals surface area contributed by atoms with E-state index < -0.39 is 0 Å². The third-order valence-corrected chi connectivity index (χ3v) is 3.82. The van der Waals surface area contributed by atoms with Crippen molar-refractivity contribution in [2.45, 2.75) is 18.6 Å². The van der Waals surface area contributed by atoms with Crippen molar-refractivity contribution in [2.24, 2.45) is 0 Å². The summed E-state index contributed by atoms with van der Waals surface area (Å²) in [4.78, 5) is 17.7. The Bertz CT molecular complexity index is 369. The number of thioether (sulfide) groups is 1. The van der Waals surface area contributed by atoms with Crippen LogP contribution in [0.2, 0.25) is 0 Å². The van der Waals surface area contributed by atoms with Crippen LogP contribution in [0.1, 0.15) is 13.3 Å². The molecular weight excluding hydrogens is 278 g/mol. The molecule has 0 bridgehead atoms. The van der Waals surface area contributed by atoms with Crippen LogP contribution in [-0.4, -0.2) is 28.0 Å². The summed E-state index contributed by atoms with van der Waals surface area (Å²) in [6.07, 6.45) is 4.53. The van der Waals surface area contributed by atoms with E-state index in [9.17, 15) is 4.79 Å². The van der Waals surface area contributed by atoms with Gasteiger partial charge < -0.3 is 10.3 Å². The fraction of sp³-hybridized carbons (Fsp3) is 0.556. The summed E-state index contributed by atoms with van der Waals surface area (Å²) in [6, 6.07) is 0. The number of rotatable bonds is 5. The number of anilines is 1. The van der Waals surface area contributed by atoms with Gasteiger partial charge in [0.25, 0.3) is 5.56 Å². The fourth-order valence-electron chi connectivity index (χ4n) is 1.02. The highest BCUT2D eigenvalue weighted by Gasteiger charge is 2.05. The molecule has 0 radical (unpaired) electrons. The van der Waals surface area contributed by atoms with E-state index in [0.717, 1.165) is 13.0 Å². The van der Waals surface area contributed by atoms with Crippen LogP contribution in [0.3, 0.4) is 0 Å². The highest BCUT2D eigenvalue weighted by molar-refractivity contribution is 9.10. The first-order valence-electron chi connectivity index (χ1n) is 4.65. The first kappa shape index (κ1) is 12.6. The Labute approximate surface area is 101 Å². The topological polar surface area (TPSA) is 57.8 Å². The van der Waals surface area contributed by atoms with Crippen molar-refractivity contribution in [3.05, 3.63) is 21.2 Å². The second-order valence-electron chi connectivity index (χ2n) is 3.16. The molecule has 0 fully saturated rings. The SMILES string of the molecule is CSC(C)CCNc1nc[nH]c(=O)c1Br. The van der Waals surface area contributed by atoms with E-state index in [2.05, 4.69) is 44.4 Å². The van der Waals surface area contributed by atoms with Crippen molar-refractivity contribution < 1.29 is 0 Å². The van der Waals surface area contributed by atoms with Gasteiger partial charge in [-0.3, -0.25) is 4.79 Å². The number of nitrogens with zero attached hydrogens (tertiary/aromatic N) is 1. The van der Waals surface area contributed by atoms with E-state index in [1.165, 1.54) is 6.33 Å². The third-order valence-electron chi connectivity index (χ3n) is 2.04. The Morgan fingerprint density at radius 3 is 3.13 bits per heavy atom. The average molecular weight is 292 g/mol. The maximum absolute atomic E-state index is 11.2. The highest BCUT2D eigenvalue weighted by Crippen LogP contribution is 2.14. The quantitative estimate of drug-likeness (QED) is 0.872. The average Bonchev–Trinajstić information content (AvgIpc) is 2.24. The molecule has 1 atom stereocenters. The van der Waals surface area contributed by atoms with Gasteiger partial charge in [0, 0.05) is 11.8 Å². The lowest BCUT2D eigenvalue weighted by Gasteiger charge is -2.09. The van der Waals surface area contributed by atoms with Crippen molar-refractivity contribution in [3.8, 4) is 0 Å². The highest BCUT2D eigenvalue weighted by atomic mass is 79.9. The third kappa shape index (κ3) is 3.87. The van der Waals surface area contributed by atoms with E-state index in [-0.39, 0.29) is 5.56 Å². The van der Waals surface area contributed by atoms with Crippen molar-refractivity contribution in [1.29, 1.82) is 0 Å². The first-order chi connectivity index (χ1) is 7.15. The summed E-state index contributed by atoms with van der Waals surface area (Å²) in [6.45, 7) is 2.99. The number of halogens is 1. The molecule has 0 spiro atoms. The maximum Gasteiger partial charge on any atom is 0.267 e. The van der Waals surface area contributed by atoms with Gasteiger partial charge >= 0.3 is 0 Å². The fourth-order valence-corrected chi connectivity index (χ4v) is 1.73. The molecule has 0 aliphatic rings. The number of hydrogen-bond acceptors (Lipinski definition) is 4. The lowest BCUT2D eigenvalue weighted by Crippen LogP contribution is -2.14. The minimum Gasteiger partial charge on any atom is -0.369 e. The van der Waals surface area contributed by atoms with E-state index in [0.29, 0.717) is 15.5 Å². The minimum atomic E-state index is -0.162. The van der Waals surface area contributed by atoms with Crippen molar-refractivity contribution >= 4 is 33.5 Å². The normalized spacial score (nSPS) is 12.5. The van der Waals surface area contributed by atoms with Gasteiger partial charge in [0.15, 0.2) is 0 Å². The Hall–Kier alpha value is -0.490. The zero-order valence-corrected chi connectivity index (χ0v) is 11.1. The molecule has 84 valence electrons. The molecule has 2 N–H and O–H groups in total. The number of hydrogen-bond donors (Lipinski definition) is 2. The zero-order valence-electron chi connectivity index (χ0n) is 8.71. The zero-order chi connectivity index (χ0) is 11.3. The van der Waals surface area contributed by atoms with E-state index in [4.69, 9.17) is 0 Å². The molecule has 1 heterocycles. The predicted octanol–water partition coefficient (Wildman–Crippen LogP) is 2.09. The van der Waals surface area contributed by atoms with E-state index >= 15 is 0 Å². The molecule has 0 amide bonds. The van der Waals surface area contributed by atoms with Crippen molar-refractivity contribution in [3.63, 3.8) is 0 Å². The van der Waals surface area contributed by atoms with Crippen LogP contribution in [0.5, 0.6) is 0 Å². The Morgan fingerprint density at radius 1 is 1.73 bits per heavy atom. The number of aromatic nitrogens is 2. The second kappa shape index (κ2) is 6.17. The van der Waals surface area contributed by atoms with Crippen LogP contribution in [0.4, 0.5) is 5.82 Å². The molecule has 1 unspecified atom stereocenters. The molecule has 1 rings (SSSR count). The molecule has 1 aromatic rings. The van der Waals surface area contributed by atoms with Crippen molar-refractivity contribution in [2.75, 3.05) is 18.1 Å². The molecule has 15 heavy (non-hydrogen) atoms. The van der Waals surface area contributed by atoms with Crippen LogP contribution in [0, 0.1) is 0 Å². The lowest BCUT2D eigenvalue weighted by molar-refractivity contribution is 0.847. The van der Waals surface area contributed by atoms with Gasteiger partial charge in [-0.1, -0.05) is 6.92 Å². The summed E-state index contributed by atoms with van der Waals surface area (Å²) in [7, 11) is 0. The summed E-state index contributed by atoms with van der Waals surface area (Å²) >= 11 is 5.02. The number of aromatic amines is 1.